The summed E-state index contributed by atoms with van der Waals surface area (Å²) < 4.78 is 2.25. The molecule has 10 rings (SSSR count). The normalized spacial score (nSPS) is 16.5. The van der Waals surface area contributed by atoms with Crippen LogP contribution in [0.4, 0.5) is 11.4 Å². The summed E-state index contributed by atoms with van der Waals surface area (Å²) in [4.78, 5) is 13.0. The number of allylic oxidation sites excluding steroid dienone is 2. The van der Waals surface area contributed by atoms with Gasteiger partial charge in [0.05, 0.1) is 28.0 Å². The second kappa shape index (κ2) is 11.5. The van der Waals surface area contributed by atoms with E-state index in [-0.39, 0.29) is 5.54 Å². The van der Waals surface area contributed by atoms with Crippen molar-refractivity contribution < 1.29 is 0 Å². The van der Waals surface area contributed by atoms with Gasteiger partial charge in [0.25, 0.3) is 0 Å². The van der Waals surface area contributed by atoms with E-state index in [4.69, 9.17) is 9.97 Å². The third kappa shape index (κ3) is 4.68. The van der Waals surface area contributed by atoms with Crippen molar-refractivity contribution in [3.63, 3.8) is 0 Å². The molecule has 1 atom stereocenters. The third-order valence-corrected chi connectivity index (χ3v) is 10.6. The lowest BCUT2D eigenvalue weighted by Crippen LogP contribution is -2.40. The fraction of sp³-hybridized carbons (Fsp3) is 0.0638. The fourth-order valence-electron chi connectivity index (χ4n) is 8.15. The Bertz CT molecular complexity index is 2610. The van der Waals surface area contributed by atoms with E-state index in [0.717, 1.165) is 40.0 Å². The molecule has 4 nitrogen and oxygen atoms in total. The van der Waals surface area contributed by atoms with Gasteiger partial charge >= 0.3 is 0 Å². The highest BCUT2D eigenvalue weighted by atomic mass is 15.2. The Balaban J connectivity index is 1.16. The molecule has 4 heteroatoms. The van der Waals surface area contributed by atoms with Gasteiger partial charge in [0.2, 0.25) is 5.95 Å². The van der Waals surface area contributed by atoms with E-state index in [1.54, 1.807) is 0 Å². The summed E-state index contributed by atoms with van der Waals surface area (Å²) in [6, 6.07) is 58.0. The number of benzene rings is 6. The SMILES string of the molecule is CC12CC=C(c3ccc4c5ccccc5n(-c5nc(-c6ccccc6)cc(-c6ccccc6)n5)c4c3)C=C1c1ccccc1N2c1ccccc1. The van der Waals surface area contributed by atoms with Crippen LogP contribution in [0.5, 0.6) is 0 Å². The summed E-state index contributed by atoms with van der Waals surface area (Å²) in [6.07, 6.45) is 5.72. The lowest BCUT2D eigenvalue weighted by molar-refractivity contribution is 0.608. The first-order chi connectivity index (χ1) is 25.2. The van der Waals surface area contributed by atoms with Crippen molar-refractivity contribution in [1.82, 2.24) is 14.5 Å². The molecular weight excluding hydrogens is 621 g/mol. The highest BCUT2D eigenvalue weighted by Crippen LogP contribution is 2.55. The zero-order valence-electron chi connectivity index (χ0n) is 28.2. The molecular formula is C47H34N4. The van der Waals surface area contributed by atoms with Gasteiger partial charge in [-0.1, -0.05) is 133 Å². The monoisotopic (exact) mass is 654 g/mol. The molecule has 242 valence electrons. The first-order valence-corrected chi connectivity index (χ1v) is 17.6. The predicted octanol–water partition coefficient (Wildman–Crippen LogP) is 11.7. The standard InChI is InChI=1S/C47H34N4/c1-47-28-27-35(29-40(47)39-22-12-14-24-44(39)51(47)36-19-9-4-10-20-36)34-25-26-38-37-21-11-13-23-43(37)50(45(38)30-34)46-48-41(32-15-5-2-6-16-32)31-42(49-46)33-17-7-3-8-18-33/h2-27,29-31H,28H2,1H3. The fourth-order valence-corrected chi connectivity index (χ4v) is 8.15. The Labute approximate surface area is 297 Å². The van der Waals surface area contributed by atoms with Gasteiger partial charge in [0.15, 0.2) is 0 Å². The van der Waals surface area contributed by atoms with Crippen LogP contribution in [0.25, 0.3) is 61.4 Å². The second-order valence-corrected chi connectivity index (χ2v) is 13.6. The highest BCUT2D eigenvalue weighted by Gasteiger charge is 2.45. The van der Waals surface area contributed by atoms with Crippen molar-refractivity contribution in [3.05, 3.63) is 187 Å². The summed E-state index contributed by atoms with van der Waals surface area (Å²) in [7, 11) is 0. The van der Waals surface area contributed by atoms with Crippen molar-refractivity contribution in [1.29, 1.82) is 0 Å². The Kier molecular flexibility index (Phi) is 6.65. The van der Waals surface area contributed by atoms with Crippen LogP contribution in [0.15, 0.2) is 176 Å². The number of aromatic nitrogens is 3. The van der Waals surface area contributed by atoms with Gasteiger partial charge in [-0.25, -0.2) is 9.97 Å². The third-order valence-electron chi connectivity index (χ3n) is 10.6. The van der Waals surface area contributed by atoms with Gasteiger partial charge in [0, 0.05) is 38.8 Å². The molecule has 51 heavy (non-hydrogen) atoms. The quantitative estimate of drug-likeness (QED) is 0.185. The van der Waals surface area contributed by atoms with Crippen LogP contribution in [-0.2, 0) is 0 Å². The van der Waals surface area contributed by atoms with Crippen molar-refractivity contribution in [3.8, 4) is 28.5 Å². The van der Waals surface area contributed by atoms with Crippen LogP contribution in [0.2, 0.25) is 0 Å². The molecule has 0 fully saturated rings. The minimum absolute atomic E-state index is 0.187. The first-order valence-electron chi connectivity index (χ1n) is 17.6. The maximum Gasteiger partial charge on any atom is 0.235 e. The molecule has 1 aliphatic carbocycles. The van der Waals surface area contributed by atoms with E-state index in [0.29, 0.717) is 5.95 Å². The Morgan fingerprint density at radius 2 is 1.16 bits per heavy atom. The molecule has 0 amide bonds. The first kappa shape index (κ1) is 29.4. The van der Waals surface area contributed by atoms with Crippen LogP contribution in [-0.4, -0.2) is 20.1 Å². The van der Waals surface area contributed by atoms with Gasteiger partial charge in [-0.2, -0.15) is 0 Å². The van der Waals surface area contributed by atoms with Gasteiger partial charge < -0.3 is 4.90 Å². The van der Waals surface area contributed by atoms with Crippen LogP contribution in [0.3, 0.4) is 0 Å². The van der Waals surface area contributed by atoms with Gasteiger partial charge in [0.1, 0.15) is 0 Å². The molecule has 2 aliphatic rings. The molecule has 0 saturated heterocycles. The zero-order chi connectivity index (χ0) is 33.9. The second-order valence-electron chi connectivity index (χ2n) is 13.6. The number of hydrogen-bond donors (Lipinski definition) is 0. The average molecular weight is 655 g/mol. The van der Waals surface area contributed by atoms with Gasteiger partial charge in [-0.15, -0.1) is 0 Å². The van der Waals surface area contributed by atoms with E-state index in [9.17, 15) is 0 Å². The Morgan fingerprint density at radius 1 is 0.549 bits per heavy atom. The zero-order valence-corrected chi connectivity index (χ0v) is 28.2. The smallest absolute Gasteiger partial charge is 0.235 e. The van der Waals surface area contributed by atoms with E-state index >= 15 is 0 Å². The molecule has 0 radical (unpaired) electrons. The van der Waals surface area contributed by atoms with E-state index in [1.807, 2.05) is 12.1 Å². The van der Waals surface area contributed by atoms with E-state index in [2.05, 4.69) is 180 Å². The van der Waals surface area contributed by atoms with Crippen LogP contribution in [0.1, 0.15) is 24.5 Å². The summed E-state index contributed by atoms with van der Waals surface area (Å²) in [5, 5.41) is 2.36. The Morgan fingerprint density at radius 3 is 1.88 bits per heavy atom. The van der Waals surface area contributed by atoms with Gasteiger partial charge in [-0.05, 0) is 72.5 Å². The number of fused-ring (bicyclic) bond motifs is 6. The number of para-hydroxylation sites is 3. The molecule has 0 N–H and O–H groups in total. The highest BCUT2D eigenvalue weighted by molar-refractivity contribution is 6.10. The molecule has 1 unspecified atom stereocenters. The summed E-state index contributed by atoms with van der Waals surface area (Å²) in [6.45, 7) is 2.38. The number of anilines is 2. The largest absolute Gasteiger partial charge is 0.331 e. The number of rotatable bonds is 5. The summed E-state index contributed by atoms with van der Waals surface area (Å²) >= 11 is 0. The minimum Gasteiger partial charge on any atom is -0.331 e. The molecule has 0 spiro atoms. The van der Waals surface area contributed by atoms with Crippen molar-refractivity contribution in [2.24, 2.45) is 0 Å². The topological polar surface area (TPSA) is 34.0 Å². The lowest BCUT2D eigenvalue weighted by Gasteiger charge is -2.39. The molecule has 0 saturated carbocycles. The van der Waals surface area contributed by atoms with E-state index < -0.39 is 0 Å². The summed E-state index contributed by atoms with van der Waals surface area (Å²) in [5.74, 6) is 0.658. The Hall–Kier alpha value is -6.52. The molecule has 6 aromatic carbocycles. The predicted molar refractivity (Wildman–Crippen MR) is 211 cm³/mol. The maximum atomic E-state index is 5.25. The van der Waals surface area contributed by atoms with Crippen LogP contribution in [0, 0.1) is 0 Å². The van der Waals surface area contributed by atoms with E-state index in [1.165, 1.54) is 44.4 Å². The molecule has 0 bridgehead atoms. The number of hydrogen-bond acceptors (Lipinski definition) is 3. The van der Waals surface area contributed by atoms with Crippen molar-refractivity contribution in [2.75, 3.05) is 4.90 Å². The van der Waals surface area contributed by atoms with Gasteiger partial charge in [-0.3, -0.25) is 4.57 Å². The maximum absolute atomic E-state index is 5.25. The lowest BCUT2D eigenvalue weighted by atomic mass is 9.80. The van der Waals surface area contributed by atoms with Crippen LogP contribution < -0.4 is 4.90 Å². The molecule has 1 aliphatic heterocycles. The molecule has 3 heterocycles. The minimum atomic E-state index is -0.187. The summed E-state index contributed by atoms with van der Waals surface area (Å²) in [5.41, 5.74) is 13.4. The van der Waals surface area contributed by atoms with Crippen molar-refractivity contribution >= 4 is 44.3 Å². The number of nitrogens with zero attached hydrogens (tertiary/aromatic N) is 4. The average Bonchev–Trinajstić information content (AvgIpc) is 3.67. The molecule has 2 aromatic heterocycles. The molecule has 8 aromatic rings. The van der Waals surface area contributed by atoms with Crippen molar-refractivity contribution in [2.45, 2.75) is 18.9 Å². The van der Waals surface area contributed by atoms with Crippen LogP contribution >= 0.6 is 0 Å².